The molecule has 2 heterocycles. The van der Waals surface area contributed by atoms with Crippen LogP contribution < -0.4 is 10.1 Å². The van der Waals surface area contributed by atoms with Crippen molar-refractivity contribution >= 4 is 35.7 Å². The Morgan fingerprint density at radius 1 is 1.22 bits per heavy atom. The second kappa shape index (κ2) is 9.21. The largest absolute Gasteiger partial charge is 0.514 e. The van der Waals surface area contributed by atoms with Gasteiger partial charge in [0, 0.05) is 5.75 Å². The van der Waals surface area contributed by atoms with Crippen molar-refractivity contribution in [1.82, 2.24) is 10.2 Å². The highest BCUT2D eigenvalue weighted by Gasteiger charge is 2.54. The molecule has 1 fully saturated rings. The second-order valence-electron chi connectivity index (χ2n) is 8.26. The fourth-order valence-corrected chi connectivity index (χ4v) is 4.59. The molecule has 10 nitrogen and oxygen atoms in total. The van der Waals surface area contributed by atoms with E-state index in [0.717, 1.165) is 4.90 Å². The lowest BCUT2D eigenvalue weighted by atomic mass is 10.0. The average Bonchev–Trinajstić information content (AvgIpc) is 2.70. The normalized spacial score (nSPS) is 20.2. The van der Waals surface area contributed by atoms with Gasteiger partial charge in [-0.2, -0.15) is 0 Å². The summed E-state index contributed by atoms with van der Waals surface area (Å²) < 4.78 is 10.1. The highest BCUT2D eigenvalue weighted by atomic mass is 32.2. The fraction of sp³-hybridized carbons (Fsp3) is 0.429. The predicted octanol–water partition coefficient (Wildman–Crippen LogP) is 1.27. The van der Waals surface area contributed by atoms with Crippen molar-refractivity contribution in [2.75, 3.05) is 12.4 Å². The van der Waals surface area contributed by atoms with Gasteiger partial charge in [-0.25, -0.2) is 9.59 Å². The van der Waals surface area contributed by atoms with Crippen molar-refractivity contribution < 1.29 is 38.9 Å². The second-order valence-corrected chi connectivity index (χ2v) is 9.36. The van der Waals surface area contributed by atoms with Crippen LogP contribution in [0.5, 0.6) is 5.75 Å². The first kappa shape index (κ1) is 23.6. The van der Waals surface area contributed by atoms with E-state index in [1.54, 1.807) is 32.9 Å². The van der Waals surface area contributed by atoms with E-state index in [4.69, 9.17) is 9.47 Å². The molecule has 1 aromatic carbocycles. The minimum absolute atomic E-state index is 0.0165. The molecule has 11 heteroatoms. The Morgan fingerprint density at radius 3 is 2.44 bits per heavy atom. The molecular formula is C21H24N2O8S. The number of carboxylic acid groups (broad SMARTS) is 1. The van der Waals surface area contributed by atoms with Gasteiger partial charge in [0.1, 0.15) is 28.5 Å². The minimum Gasteiger partial charge on any atom is -0.477 e. The van der Waals surface area contributed by atoms with Gasteiger partial charge in [-0.05, 0) is 44.0 Å². The third-order valence-electron chi connectivity index (χ3n) is 4.64. The van der Waals surface area contributed by atoms with Gasteiger partial charge in [0.15, 0.2) is 0 Å². The maximum absolute atomic E-state index is 12.5. The van der Waals surface area contributed by atoms with Gasteiger partial charge in [0.2, 0.25) is 5.91 Å². The van der Waals surface area contributed by atoms with Crippen molar-refractivity contribution in [2.24, 2.45) is 0 Å². The summed E-state index contributed by atoms with van der Waals surface area (Å²) in [4.78, 5) is 49.2. The zero-order valence-corrected chi connectivity index (χ0v) is 18.6. The molecule has 32 heavy (non-hydrogen) atoms. The number of aliphatic hydroxyl groups is 1. The van der Waals surface area contributed by atoms with Crippen LogP contribution in [0, 0.1) is 0 Å². The number of carbonyl (C=O) groups is 4. The Balaban J connectivity index is 1.56. The van der Waals surface area contributed by atoms with E-state index < -0.39 is 47.6 Å². The van der Waals surface area contributed by atoms with E-state index in [9.17, 15) is 29.4 Å². The Hall–Kier alpha value is -3.05. The first-order valence-electron chi connectivity index (χ1n) is 9.80. The van der Waals surface area contributed by atoms with Crippen LogP contribution in [0.3, 0.4) is 0 Å². The van der Waals surface area contributed by atoms with Crippen LogP contribution in [0.25, 0.3) is 0 Å². The molecule has 0 aliphatic carbocycles. The van der Waals surface area contributed by atoms with Crippen LogP contribution in [-0.2, 0) is 25.5 Å². The van der Waals surface area contributed by atoms with Crippen molar-refractivity contribution in [1.29, 1.82) is 0 Å². The van der Waals surface area contributed by atoms with Crippen LogP contribution >= 0.6 is 11.8 Å². The number of hydrogen-bond donors (Lipinski definition) is 3. The molecule has 0 aromatic heterocycles. The smallest absolute Gasteiger partial charge is 0.477 e. The quantitative estimate of drug-likeness (QED) is 0.322. The van der Waals surface area contributed by atoms with Crippen LogP contribution in [0.4, 0.5) is 4.79 Å². The lowest BCUT2D eigenvalue weighted by Gasteiger charge is -2.49. The fourth-order valence-electron chi connectivity index (χ4n) is 3.26. The number of nitrogens with zero attached hydrogens (tertiary/aromatic N) is 1. The maximum Gasteiger partial charge on any atom is 0.514 e. The molecule has 3 rings (SSSR count). The lowest BCUT2D eigenvalue weighted by molar-refractivity contribution is -0.150. The van der Waals surface area contributed by atoms with Crippen molar-refractivity contribution in [3.8, 4) is 5.75 Å². The molecule has 0 unspecified atom stereocenters. The number of fused-ring (bicyclic) bond motifs is 1. The van der Waals surface area contributed by atoms with Crippen molar-refractivity contribution in [3.05, 3.63) is 41.1 Å². The number of benzene rings is 1. The van der Waals surface area contributed by atoms with Crippen LogP contribution in [0.2, 0.25) is 0 Å². The number of carbonyl (C=O) groups excluding carboxylic acids is 3. The Morgan fingerprint density at radius 2 is 1.88 bits per heavy atom. The van der Waals surface area contributed by atoms with Gasteiger partial charge in [-0.1, -0.05) is 12.1 Å². The molecule has 2 amide bonds. The third-order valence-corrected chi connectivity index (χ3v) is 5.98. The first-order valence-corrected chi connectivity index (χ1v) is 10.8. The van der Waals surface area contributed by atoms with Crippen LogP contribution in [-0.4, -0.2) is 68.4 Å². The van der Waals surface area contributed by atoms with E-state index >= 15 is 0 Å². The molecule has 2 aliphatic rings. The molecular weight excluding hydrogens is 440 g/mol. The number of nitrogens with one attached hydrogen (secondary N) is 1. The zero-order chi connectivity index (χ0) is 23.6. The summed E-state index contributed by atoms with van der Waals surface area (Å²) in [5, 5.41) is 20.8. The summed E-state index contributed by atoms with van der Waals surface area (Å²) in [6, 6.07) is 5.45. The standard InChI is InChI=1S/C21H24N2O8S/c1-21(2,3)31-20(29)30-13-6-4-11(5-7-13)8-14(25)22-15-17(26)23-16(19(27)28)12(9-24)10-32-18(15)23/h4-7,15,18,24H,8-10H2,1-3H3,(H,22,25)(H,27,28)/t15-,18-/m1/s1. The summed E-state index contributed by atoms with van der Waals surface area (Å²) in [7, 11) is 0. The first-order chi connectivity index (χ1) is 15.0. The van der Waals surface area contributed by atoms with Gasteiger partial charge in [0.25, 0.3) is 5.91 Å². The monoisotopic (exact) mass is 464 g/mol. The molecule has 0 radical (unpaired) electrons. The van der Waals surface area contributed by atoms with Crippen molar-refractivity contribution in [2.45, 2.75) is 44.2 Å². The molecule has 3 N–H and O–H groups in total. The van der Waals surface area contributed by atoms with E-state index in [2.05, 4.69) is 5.32 Å². The topological polar surface area (TPSA) is 142 Å². The minimum atomic E-state index is -1.29. The maximum atomic E-state index is 12.5. The SMILES string of the molecule is CC(C)(C)OC(=O)Oc1ccc(CC(=O)N[C@@H]2C(=O)N3C(C(=O)O)=C(CO)CS[C@H]23)cc1. The van der Waals surface area contributed by atoms with Crippen LogP contribution in [0.15, 0.2) is 35.5 Å². The van der Waals surface area contributed by atoms with E-state index in [1.807, 2.05) is 0 Å². The Bertz CT molecular complexity index is 967. The van der Waals surface area contributed by atoms with E-state index in [0.29, 0.717) is 5.56 Å². The summed E-state index contributed by atoms with van der Waals surface area (Å²) in [6.07, 6.45) is -0.850. The van der Waals surface area contributed by atoms with Crippen molar-refractivity contribution in [3.63, 3.8) is 0 Å². The Labute approximate surface area is 188 Å². The molecule has 0 spiro atoms. The molecule has 0 saturated carbocycles. The van der Waals surface area contributed by atoms with Crippen LogP contribution in [0.1, 0.15) is 26.3 Å². The molecule has 172 valence electrons. The van der Waals surface area contributed by atoms with Gasteiger partial charge < -0.3 is 25.0 Å². The molecule has 0 bridgehead atoms. The number of thioether (sulfide) groups is 1. The number of amides is 2. The number of ether oxygens (including phenoxy) is 2. The highest BCUT2D eigenvalue weighted by Crippen LogP contribution is 2.40. The van der Waals surface area contributed by atoms with Gasteiger partial charge in [-0.3, -0.25) is 14.5 Å². The van der Waals surface area contributed by atoms with E-state index in [-0.39, 0.29) is 29.2 Å². The summed E-state index contributed by atoms with van der Waals surface area (Å²) in [6.45, 7) is 4.71. The molecule has 2 aliphatic heterocycles. The third kappa shape index (κ3) is 5.22. The number of carboxylic acids is 1. The summed E-state index contributed by atoms with van der Waals surface area (Å²) >= 11 is 1.29. The van der Waals surface area contributed by atoms with Gasteiger partial charge >= 0.3 is 12.1 Å². The highest BCUT2D eigenvalue weighted by molar-refractivity contribution is 8.00. The van der Waals surface area contributed by atoms with E-state index in [1.165, 1.54) is 23.9 Å². The molecule has 1 saturated heterocycles. The Kier molecular flexibility index (Phi) is 6.79. The molecule has 2 atom stereocenters. The number of hydrogen-bond acceptors (Lipinski definition) is 8. The predicted molar refractivity (Wildman–Crippen MR) is 114 cm³/mol. The lowest BCUT2D eigenvalue weighted by Crippen LogP contribution is -2.70. The van der Waals surface area contributed by atoms with Gasteiger partial charge in [-0.15, -0.1) is 11.8 Å². The average molecular weight is 464 g/mol. The number of aliphatic hydroxyl groups excluding tert-OH is 1. The number of rotatable bonds is 6. The summed E-state index contributed by atoms with van der Waals surface area (Å²) in [5.41, 5.74) is 0.00608. The van der Waals surface area contributed by atoms with Gasteiger partial charge in [0.05, 0.1) is 13.0 Å². The number of aliphatic carboxylic acids is 1. The summed E-state index contributed by atoms with van der Waals surface area (Å²) in [5.74, 6) is -1.69. The molecule has 1 aromatic rings. The zero-order valence-electron chi connectivity index (χ0n) is 17.8. The number of β-lactam (4-membered cyclic amide) rings is 1.